The predicted octanol–water partition coefficient (Wildman–Crippen LogP) is 0.379. The first-order valence-electron chi connectivity index (χ1n) is 4.26. The number of amides is 1. The summed E-state index contributed by atoms with van der Waals surface area (Å²) < 4.78 is 0. The second kappa shape index (κ2) is 4.72. The Morgan fingerprint density at radius 3 is 2.67 bits per heavy atom. The third-order valence-electron chi connectivity index (χ3n) is 1.95. The molecule has 0 saturated carbocycles. The Bertz CT molecular complexity index is 155. The van der Waals surface area contributed by atoms with Crippen molar-refractivity contribution in [2.75, 3.05) is 11.5 Å². The molecule has 1 heterocycles. The number of carbonyl (C=O) groups excluding carboxylic acids is 1. The maximum Gasteiger partial charge on any atom is 0.248 e. The smallest absolute Gasteiger partial charge is 0.248 e. The summed E-state index contributed by atoms with van der Waals surface area (Å²) in [5.74, 6) is 1.99. The summed E-state index contributed by atoms with van der Waals surface area (Å²) in [6.07, 6.45) is 1.19. The molecule has 1 saturated heterocycles. The van der Waals surface area contributed by atoms with Crippen LogP contribution < -0.4 is 5.32 Å². The van der Waals surface area contributed by atoms with E-state index in [1.165, 1.54) is 6.92 Å². The van der Waals surface area contributed by atoms with Crippen molar-refractivity contribution in [2.45, 2.75) is 31.9 Å². The van der Waals surface area contributed by atoms with Gasteiger partial charge in [-0.2, -0.15) is 11.8 Å². The minimum absolute atomic E-state index is 0.244. The molecule has 0 unspecified atom stereocenters. The Morgan fingerprint density at radius 2 is 2.17 bits per heavy atom. The number of hydrogen-bond donors (Lipinski definition) is 2. The van der Waals surface area contributed by atoms with Gasteiger partial charge in [0.15, 0.2) is 0 Å². The van der Waals surface area contributed by atoms with E-state index in [0.717, 1.165) is 24.3 Å². The number of thioether (sulfide) groups is 1. The van der Waals surface area contributed by atoms with E-state index < -0.39 is 6.10 Å². The lowest BCUT2D eigenvalue weighted by Gasteiger charge is -2.23. The van der Waals surface area contributed by atoms with E-state index in [0.29, 0.717) is 0 Å². The monoisotopic (exact) mass is 189 g/mol. The Morgan fingerprint density at radius 1 is 1.58 bits per heavy atom. The first kappa shape index (κ1) is 9.86. The van der Waals surface area contributed by atoms with Crippen LogP contribution in [-0.2, 0) is 4.79 Å². The lowest BCUT2D eigenvalue weighted by Crippen LogP contribution is -2.41. The molecule has 0 aliphatic carbocycles. The molecule has 70 valence electrons. The minimum Gasteiger partial charge on any atom is -0.384 e. The number of aliphatic hydroxyl groups is 1. The van der Waals surface area contributed by atoms with E-state index in [4.69, 9.17) is 5.11 Å². The summed E-state index contributed by atoms with van der Waals surface area (Å²) in [6.45, 7) is 1.49. The zero-order valence-corrected chi connectivity index (χ0v) is 8.06. The van der Waals surface area contributed by atoms with Crippen LogP contribution in [-0.4, -0.2) is 34.7 Å². The first-order chi connectivity index (χ1) is 5.70. The molecule has 0 spiro atoms. The highest BCUT2D eigenvalue weighted by Crippen LogP contribution is 2.16. The van der Waals surface area contributed by atoms with Crippen molar-refractivity contribution in [1.29, 1.82) is 0 Å². The van der Waals surface area contributed by atoms with Crippen molar-refractivity contribution in [3.63, 3.8) is 0 Å². The van der Waals surface area contributed by atoms with Gasteiger partial charge in [0.1, 0.15) is 6.10 Å². The quantitative estimate of drug-likeness (QED) is 0.660. The standard InChI is InChI=1S/C8H15NO2S/c1-6(10)8(11)9-7-2-4-12-5-3-7/h6-7,10H,2-5H2,1H3,(H,9,11)/t6-/m1/s1. The van der Waals surface area contributed by atoms with Crippen LogP contribution in [0.5, 0.6) is 0 Å². The van der Waals surface area contributed by atoms with Gasteiger partial charge in [0.2, 0.25) is 5.91 Å². The van der Waals surface area contributed by atoms with Crippen LogP contribution >= 0.6 is 11.8 Å². The van der Waals surface area contributed by atoms with Gasteiger partial charge in [0, 0.05) is 6.04 Å². The summed E-state index contributed by atoms with van der Waals surface area (Å²) in [7, 11) is 0. The molecule has 12 heavy (non-hydrogen) atoms. The second-order valence-corrected chi connectivity index (χ2v) is 4.30. The van der Waals surface area contributed by atoms with Crippen molar-refractivity contribution < 1.29 is 9.90 Å². The molecule has 0 aromatic heterocycles. The molecule has 0 radical (unpaired) electrons. The lowest BCUT2D eigenvalue weighted by molar-refractivity contribution is -0.129. The van der Waals surface area contributed by atoms with Crippen molar-refractivity contribution in [3.05, 3.63) is 0 Å². The molecule has 1 atom stereocenters. The van der Waals surface area contributed by atoms with Crippen molar-refractivity contribution >= 4 is 17.7 Å². The molecule has 0 aromatic carbocycles. The molecular formula is C8H15NO2S. The molecule has 1 fully saturated rings. The molecular weight excluding hydrogens is 174 g/mol. The van der Waals surface area contributed by atoms with E-state index in [1.54, 1.807) is 0 Å². The molecule has 0 bridgehead atoms. The van der Waals surface area contributed by atoms with E-state index >= 15 is 0 Å². The normalized spacial score (nSPS) is 21.8. The topological polar surface area (TPSA) is 49.3 Å². The second-order valence-electron chi connectivity index (χ2n) is 3.07. The molecule has 1 amide bonds. The Labute approximate surface area is 76.9 Å². The number of hydrogen-bond acceptors (Lipinski definition) is 3. The summed E-state index contributed by atoms with van der Waals surface area (Å²) in [5.41, 5.74) is 0. The Hall–Kier alpha value is -0.220. The van der Waals surface area contributed by atoms with Gasteiger partial charge in [-0.05, 0) is 31.3 Å². The van der Waals surface area contributed by atoms with Crippen molar-refractivity contribution in [2.24, 2.45) is 0 Å². The molecule has 1 aliphatic rings. The maximum atomic E-state index is 11.0. The fourth-order valence-corrected chi connectivity index (χ4v) is 2.27. The van der Waals surface area contributed by atoms with E-state index in [-0.39, 0.29) is 11.9 Å². The van der Waals surface area contributed by atoms with Crippen LogP contribution in [0.25, 0.3) is 0 Å². The largest absolute Gasteiger partial charge is 0.384 e. The van der Waals surface area contributed by atoms with Crippen LogP contribution in [0.4, 0.5) is 0 Å². The van der Waals surface area contributed by atoms with Gasteiger partial charge in [-0.3, -0.25) is 4.79 Å². The number of carbonyl (C=O) groups is 1. The molecule has 1 rings (SSSR count). The van der Waals surface area contributed by atoms with Crippen molar-refractivity contribution in [1.82, 2.24) is 5.32 Å². The van der Waals surface area contributed by atoms with Gasteiger partial charge >= 0.3 is 0 Å². The van der Waals surface area contributed by atoms with E-state index in [2.05, 4.69) is 5.32 Å². The summed E-state index contributed by atoms with van der Waals surface area (Å²) in [5, 5.41) is 11.8. The molecule has 0 aromatic rings. The van der Waals surface area contributed by atoms with E-state index in [1.807, 2.05) is 11.8 Å². The first-order valence-corrected chi connectivity index (χ1v) is 5.42. The van der Waals surface area contributed by atoms with Crippen LogP contribution in [0.3, 0.4) is 0 Å². The number of aliphatic hydroxyl groups excluding tert-OH is 1. The van der Waals surface area contributed by atoms with Crippen LogP contribution in [0, 0.1) is 0 Å². The third kappa shape index (κ3) is 3.03. The highest BCUT2D eigenvalue weighted by molar-refractivity contribution is 7.99. The Balaban J connectivity index is 2.24. The van der Waals surface area contributed by atoms with Gasteiger partial charge in [-0.25, -0.2) is 0 Å². The van der Waals surface area contributed by atoms with Gasteiger partial charge in [0.25, 0.3) is 0 Å². The SMILES string of the molecule is C[C@@H](O)C(=O)NC1CCSCC1. The highest BCUT2D eigenvalue weighted by atomic mass is 32.2. The maximum absolute atomic E-state index is 11.0. The van der Waals surface area contributed by atoms with Crippen LogP contribution in [0.1, 0.15) is 19.8 Å². The molecule has 2 N–H and O–H groups in total. The fraction of sp³-hybridized carbons (Fsp3) is 0.875. The fourth-order valence-electron chi connectivity index (χ4n) is 1.16. The van der Waals surface area contributed by atoms with Crippen LogP contribution in [0.2, 0.25) is 0 Å². The predicted molar refractivity (Wildman–Crippen MR) is 50.2 cm³/mol. The third-order valence-corrected chi connectivity index (χ3v) is 3.00. The van der Waals surface area contributed by atoms with Gasteiger partial charge < -0.3 is 10.4 Å². The lowest BCUT2D eigenvalue weighted by atomic mass is 10.1. The average molecular weight is 189 g/mol. The zero-order chi connectivity index (χ0) is 8.97. The molecule has 1 aliphatic heterocycles. The average Bonchev–Trinajstić information content (AvgIpc) is 2.06. The summed E-state index contributed by atoms with van der Waals surface area (Å²) in [4.78, 5) is 11.0. The summed E-state index contributed by atoms with van der Waals surface area (Å²) >= 11 is 1.92. The minimum atomic E-state index is -0.875. The van der Waals surface area contributed by atoms with E-state index in [9.17, 15) is 4.79 Å². The molecule has 4 heteroatoms. The van der Waals surface area contributed by atoms with Gasteiger partial charge in [-0.1, -0.05) is 0 Å². The van der Waals surface area contributed by atoms with Crippen LogP contribution in [0.15, 0.2) is 0 Å². The van der Waals surface area contributed by atoms with Crippen molar-refractivity contribution in [3.8, 4) is 0 Å². The van der Waals surface area contributed by atoms with Gasteiger partial charge in [-0.15, -0.1) is 0 Å². The highest BCUT2D eigenvalue weighted by Gasteiger charge is 2.17. The zero-order valence-electron chi connectivity index (χ0n) is 7.25. The number of nitrogens with one attached hydrogen (secondary N) is 1. The summed E-state index contributed by atoms with van der Waals surface area (Å²) in [6, 6.07) is 0.286. The molecule has 3 nitrogen and oxygen atoms in total. The van der Waals surface area contributed by atoms with Gasteiger partial charge in [0.05, 0.1) is 0 Å². The number of rotatable bonds is 2. The Kier molecular flexibility index (Phi) is 3.88.